The van der Waals surface area contributed by atoms with Gasteiger partial charge in [-0.2, -0.15) is 0 Å². The summed E-state index contributed by atoms with van der Waals surface area (Å²) in [6.45, 7) is 8.30. The minimum atomic E-state index is -2.39. The molecule has 0 bridgehead atoms. The summed E-state index contributed by atoms with van der Waals surface area (Å²) in [6.07, 6.45) is 6.47. The number of rotatable bonds is 8. The number of nitrogens with one attached hydrogen (secondary N) is 1. The number of ketones is 2. The third kappa shape index (κ3) is 5.15. The molecular formula is C18H32FNO2. The number of halogens is 1. The molecule has 0 heterocycles. The summed E-state index contributed by atoms with van der Waals surface area (Å²) in [6, 6.07) is -0.483. The van der Waals surface area contributed by atoms with Crippen LogP contribution in [-0.2, 0) is 9.59 Å². The Kier molecular flexibility index (Phi) is 7.17. The molecule has 1 aliphatic rings. The molecule has 0 amide bonds. The number of carbonyl (C=O) groups excluding carboxylic acids is 2. The van der Waals surface area contributed by atoms with Crippen molar-refractivity contribution in [3.8, 4) is 0 Å². The molecule has 0 aromatic heterocycles. The average molecular weight is 313 g/mol. The van der Waals surface area contributed by atoms with E-state index in [4.69, 9.17) is 0 Å². The highest BCUT2D eigenvalue weighted by atomic mass is 19.1. The van der Waals surface area contributed by atoms with Crippen LogP contribution in [0.5, 0.6) is 0 Å². The average Bonchev–Trinajstić information content (AvgIpc) is 2.45. The van der Waals surface area contributed by atoms with E-state index >= 15 is 0 Å². The standard InChI is InChI=1S/C18H32FNO2/c1-12(2)16(21)18(5,19)17(22)15(20-13(3)4)11-14-9-7-6-8-10-14/h12-15,20H,6-11H2,1-5H3/t15?,18-/m1/s1. The molecule has 22 heavy (non-hydrogen) atoms. The Morgan fingerprint density at radius 2 is 1.64 bits per heavy atom. The molecule has 1 saturated carbocycles. The smallest absolute Gasteiger partial charge is 0.225 e. The summed E-state index contributed by atoms with van der Waals surface area (Å²) in [7, 11) is 0. The Bertz CT molecular complexity index is 385. The Morgan fingerprint density at radius 1 is 1.09 bits per heavy atom. The van der Waals surface area contributed by atoms with Crippen LogP contribution < -0.4 is 5.32 Å². The van der Waals surface area contributed by atoms with E-state index in [0.29, 0.717) is 12.3 Å². The Morgan fingerprint density at radius 3 is 2.09 bits per heavy atom. The maximum atomic E-state index is 14.8. The zero-order chi connectivity index (χ0) is 16.9. The van der Waals surface area contributed by atoms with Gasteiger partial charge in [-0.1, -0.05) is 59.8 Å². The Hall–Kier alpha value is -0.770. The van der Waals surface area contributed by atoms with Gasteiger partial charge in [-0.3, -0.25) is 9.59 Å². The maximum Gasteiger partial charge on any atom is 0.225 e. The summed E-state index contributed by atoms with van der Waals surface area (Å²) in [4.78, 5) is 24.7. The van der Waals surface area contributed by atoms with Gasteiger partial charge in [0.2, 0.25) is 5.67 Å². The van der Waals surface area contributed by atoms with E-state index in [0.717, 1.165) is 19.8 Å². The van der Waals surface area contributed by atoms with Crippen molar-refractivity contribution >= 4 is 11.6 Å². The minimum Gasteiger partial charge on any atom is -0.305 e. The van der Waals surface area contributed by atoms with Crippen LogP contribution >= 0.6 is 0 Å². The van der Waals surface area contributed by atoms with Crippen molar-refractivity contribution in [3.05, 3.63) is 0 Å². The number of hydrogen-bond acceptors (Lipinski definition) is 3. The van der Waals surface area contributed by atoms with Crippen LogP contribution in [0.4, 0.5) is 4.39 Å². The van der Waals surface area contributed by atoms with E-state index in [2.05, 4.69) is 5.32 Å². The third-order valence-corrected chi connectivity index (χ3v) is 4.59. The zero-order valence-electron chi connectivity index (χ0n) is 14.7. The topological polar surface area (TPSA) is 46.2 Å². The van der Waals surface area contributed by atoms with Crippen LogP contribution in [0.25, 0.3) is 0 Å². The maximum absolute atomic E-state index is 14.8. The van der Waals surface area contributed by atoms with E-state index in [9.17, 15) is 14.0 Å². The summed E-state index contributed by atoms with van der Waals surface area (Å²) in [5.74, 6) is -1.23. The van der Waals surface area contributed by atoms with Crippen LogP contribution in [0, 0.1) is 11.8 Å². The molecule has 1 aliphatic carbocycles. The van der Waals surface area contributed by atoms with Gasteiger partial charge in [-0.05, 0) is 19.3 Å². The van der Waals surface area contributed by atoms with Crippen LogP contribution in [0.15, 0.2) is 0 Å². The van der Waals surface area contributed by atoms with Crippen molar-refractivity contribution in [2.45, 2.75) is 90.9 Å². The van der Waals surface area contributed by atoms with Crippen molar-refractivity contribution in [1.82, 2.24) is 5.32 Å². The summed E-state index contributed by atoms with van der Waals surface area (Å²) in [5, 5.41) is 3.19. The van der Waals surface area contributed by atoms with Gasteiger partial charge >= 0.3 is 0 Å². The van der Waals surface area contributed by atoms with Gasteiger partial charge in [-0.25, -0.2) is 4.39 Å². The molecule has 128 valence electrons. The molecule has 1 unspecified atom stereocenters. The lowest BCUT2D eigenvalue weighted by Crippen LogP contribution is -2.53. The highest BCUT2D eigenvalue weighted by Crippen LogP contribution is 2.30. The predicted octanol–water partition coefficient (Wildman–Crippen LogP) is 3.85. The quantitative estimate of drug-likeness (QED) is 0.692. The first kappa shape index (κ1) is 19.3. The largest absolute Gasteiger partial charge is 0.305 e. The van der Waals surface area contributed by atoms with E-state index in [1.165, 1.54) is 19.3 Å². The molecule has 0 radical (unpaired) electrons. The summed E-state index contributed by atoms with van der Waals surface area (Å²) in [5.41, 5.74) is -2.39. The first-order chi connectivity index (χ1) is 10.2. The van der Waals surface area contributed by atoms with Crippen molar-refractivity contribution in [2.24, 2.45) is 11.8 Å². The van der Waals surface area contributed by atoms with Gasteiger partial charge in [0.1, 0.15) is 0 Å². The van der Waals surface area contributed by atoms with Gasteiger partial charge in [0.25, 0.3) is 0 Å². The van der Waals surface area contributed by atoms with E-state index < -0.39 is 29.2 Å². The second kappa shape index (κ2) is 8.19. The molecule has 0 spiro atoms. The lowest BCUT2D eigenvalue weighted by molar-refractivity contribution is -0.145. The number of alkyl halides is 1. The van der Waals surface area contributed by atoms with Crippen molar-refractivity contribution in [1.29, 1.82) is 0 Å². The van der Waals surface area contributed by atoms with Crippen LogP contribution in [0.1, 0.15) is 73.1 Å². The van der Waals surface area contributed by atoms with Gasteiger partial charge in [-0.15, -0.1) is 0 Å². The van der Waals surface area contributed by atoms with Crippen molar-refractivity contribution in [2.75, 3.05) is 0 Å². The first-order valence-corrected chi connectivity index (χ1v) is 8.69. The fourth-order valence-corrected chi connectivity index (χ4v) is 3.40. The Labute approximate surface area is 134 Å². The highest BCUT2D eigenvalue weighted by molar-refractivity contribution is 6.12. The minimum absolute atomic E-state index is 0.0856. The molecule has 0 aromatic carbocycles. The third-order valence-electron chi connectivity index (χ3n) is 4.59. The van der Waals surface area contributed by atoms with Crippen LogP contribution in [-0.4, -0.2) is 29.3 Å². The lowest BCUT2D eigenvalue weighted by atomic mass is 9.80. The second-order valence-electron chi connectivity index (χ2n) is 7.50. The Balaban J connectivity index is 2.84. The van der Waals surface area contributed by atoms with E-state index in [1.54, 1.807) is 13.8 Å². The van der Waals surface area contributed by atoms with Gasteiger partial charge in [0.05, 0.1) is 6.04 Å². The fraction of sp³-hybridized carbons (Fsp3) is 0.889. The van der Waals surface area contributed by atoms with Crippen LogP contribution in [0.3, 0.4) is 0 Å². The molecule has 2 atom stereocenters. The zero-order valence-corrected chi connectivity index (χ0v) is 14.7. The highest BCUT2D eigenvalue weighted by Gasteiger charge is 2.45. The monoisotopic (exact) mass is 313 g/mol. The SMILES string of the molecule is CC(C)NC(CC1CCCCC1)C(=O)[C@](C)(F)C(=O)C(C)C. The molecule has 0 aromatic rings. The molecule has 1 N–H and O–H groups in total. The normalized spacial score (nSPS) is 20.9. The summed E-state index contributed by atoms with van der Waals surface area (Å²) < 4.78 is 14.8. The number of Topliss-reactive ketones (excluding diaryl/α,β-unsaturated/α-hetero) is 2. The summed E-state index contributed by atoms with van der Waals surface area (Å²) >= 11 is 0. The molecule has 3 nitrogen and oxygen atoms in total. The van der Waals surface area contributed by atoms with Crippen LogP contribution in [0.2, 0.25) is 0 Å². The molecule has 0 aliphatic heterocycles. The second-order valence-corrected chi connectivity index (χ2v) is 7.50. The number of carbonyl (C=O) groups is 2. The lowest BCUT2D eigenvalue weighted by Gasteiger charge is -2.31. The predicted molar refractivity (Wildman–Crippen MR) is 87.6 cm³/mol. The molecule has 4 heteroatoms. The van der Waals surface area contributed by atoms with Gasteiger partial charge < -0.3 is 5.32 Å². The van der Waals surface area contributed by atoms with Gasteiger partial charge in [0.15, 0.2) is 11.6 Å². The number of hydrogen-bond donors (Lipinski definition) is 1. The van der Waals surface area contributed by atoms with E-state index in [-0.39, 0.29) is 6.04 Å². The molecule has 1 fully saturated rings. The molecule has 1 rings (SSSR count). The first-order valence-electron chi connectivity index (χ1n) is 8.69. The van der Waals surface area contributed by atoms with Gasteiger partial charge in [0, 0.05) is 12.0 Å². The van der Waals surface area contributed by atoms with Crippen molar-refractivity contribution in [3.63, 3.8) is 0 Å². The van der Waals surface area contributed by atoms with E-state index in [1.807, 2.05) is 13.8 Å². The molecular weight excluding hydrogens is 281 g/mol. The van der Waals surface area contributed by atoms with Crippen molar-refractivity contribution < 1.29 is 14.0 Å². The molecule has 0 saturated heterocycles. The fourth-order valence-electron chi connectivity index (χ4n) is 3.40.